The summed E-state index contributed by atoms with van der Waals surface area (Å²) in [5, 5.41) is 22.1. The van der Waals surface area contributed by atoms with E-state index in [4.69, 9.17) is 16.3 Å². The van der Waals surface area contributed by atoms with Gasteiger partial charge >= 0.3 is 0 Å². The Morgan fingerprint density at radius 1 is 1.40 bits per heavy atom. The molecule has 9 heteroatoms. The average Bonchev–Trinajstić information content (AvgIpc) is 3.09. The van der Waals surface area contributed by atoms with E-state index in [1.54, 1.807) is 22.8 Å². The van der Waals surface area contributed by atoms with Gasteiger partial charge in [-0.25, -0.2) is 14.4 Å². The minimum Gasteiger partial charge on any atom is -0.394 e. The number of aliphatic hydroxyl groups is 2. The maximum absolute atomic E-state index is 14.7. The van der Waals surface area contributed by atoms with Crippen LogP contribution in [0.3, 0.4) is 0 Å². The molecule has 1 aliphatic heterocycles. The second-order valence-electron chi connectivity index (χ2n) is 5.80. The van der Waals surface area contributed by atoms with Gasteiger partial charge in [-0.2, -0.15) is 0 Å². The van der Waals surface area contributed by atoms with Crippen molar-refractivity contribution < 1.29 is 19.3 Å². The van der Waals surface area contributed by atoms with Crippen molar-refractivity contribution in [2.45, 2.75) is 29.6 Å². The SMILES string of the molecule is CSc1ncnc2c1c1cc(Cl)ccc1n2[C@@H]1O[C@H](CO)[C@@H](O)[C@@H]1F. The zero-order valence-corrected chi connectivity index (χ0v) is 14.7. The number of aliphatic hydroxyl groups excluding tert-OH is 2. The maximum Gasteiger partial charge on any atom is 0.173 e. The van der Waals surface area contributed by atoms with Crippen molar-refractivity contribution in [2.24, 2.45) is 0 Å². The lowest BCUT2D eigenvalue weighted by atomic mass is 10.1. The summed E-state index contributed by atoms with van der Waals surface area (Å²) in [6.45, 7) is -0.466. The average molecular weight is 384 g/mol. The molecule has 3 aromatic rings. The Balaban J connectivity index is 2.03. The molecule has 6 nitrogen and oxygen atoms in total. The summed E-state index contributed by atoms with van der Waals surface area (Å²) >= 11 is 7.60. The lowest BCUT2D eigenvalue weighted by molar-refractivity contribution is -0.0442. The summed E-state index contributed by atoms with van der Waals surface area (Å²) in [5.41, 5.74) is 1.17. The van der Waals surface area contributed by atoms with Gasteiger partial charge in [-0.1, -0.05) is 11.6 Å². The fraction of sp³-hybridized carbons (Fsp3) is 0.375. The van der Waals surface area contributed by atoms with Crippen LogP contribution < -0.4 is 0 Å². The zero-order valence-electron chi connectivity index (χ0n) is 13.1. The molecule has 0 radical (unpaired) electrons. The Kier molecular flexibility index (Phi) is 4.33. The Bertz CT molecular complexity index is 953. The molecule has 4 atom stereocenters. The van der Waals surface area contributed by atoms with Crippen LogP contribution in [-0.4, -0.2) is 56.0 Å². The fourth-order valence-electron chi connectivity index (χ4n) is 3.29. The highest BCUT2D eigenvalue weighted by Gasteiger charge is 2.46. The third kappa shape index (κ3) is 2.51. The van der Waals surface area contributed by atoms with Crippen LogP contribution in [-0.2, 0) is 4.74 Å². The summed E-state index contributed by atoms with van der Waals surface area (Å²) in [4.78, 5) is 8.60. The molecule has 0 saturated carbocycles. The van der Waals surface area contributed by atoms with E-state index in [1.165, 1.54) is 18.1 Å². The van der Waals surface area contributed by atoms with Crippen LogP contribution in [0.5, 0.6) is 0 Å². The van der Waals surface area contributed by atoms with Crippen molar-refractivity contribution in [3.05, 3.63) is 29.5 Å². The van der Waals surface area contributed by atoms with E-state index in [2.05, 4.69) is 9.97 Å². The standard InChI is InChI=1S/C16H15ClFN3O3S/c1-25-15-11-8-4-7(17)2-3-9(8)21(14(11)19-6-20-15)16-12(18)13(23)10(5-22)24-16/h2-4,6,10,12-13,16,22-23H,5H2,1H3/t10-,12+,13-,16-/m1/s1. The molecule has 1 aliphatic rings. The third-order valence-electron chi connectivity index (χ3n) is 4.43. The van der Waals surface area contributed by atoms with E-state index < -0.39 is 31.2 Å². The van der Waals surface area contributed by atoms with Crippen LogP contribution in [0, 0.1) is 0 Å². The minimum atomic E-state index is -1.70. The van der Waals surface area contributed by atoms with Crippen molar-refractivity contribution in [1.29, 1.82) is 0 Å². The topological polar surface area (TPSA) is 80.4 Å². The second kappa shape index (κ2) is 6.37. The van der Waals surface area contributed by atoms with Crippen molar-refractivity contribution in [3.63, 3.8) is 0 Å². The summed E-state index contributed by atoms with van der Waals surface area (Å²) in [7, 11) is 0. The summed E-state index contributed by atoms with van der Waals surface area (Å²) in [6.07, 6.45) is -1.88. The minimum absolute atomic E-state index is 0.466. The van der Waals surface area contributed by atoms with Crippen LogP contribution in [0.1, 0.15) is 6.23 Å². The van der Waals surface area contributed by atoms with Gasteiger partial charge in [-0.15, -0.1) is 11.8 Å². The molecule has 0 unspecified atom stereocenters. The molecule has 4 rings (SSSR count). The van der Waals surface area contributed by atoms with Gasteiger partial charge < -0.3 is 14.9 Å². The highest BCUT2D eigenvalue weighted by molar-refractivity contribution is 7.98. The quantitative estimate of drug-likeness (QED) is 0.534. The van der Waals surface area contributed by atoms with Crippen LogP contribution in [0.15, 0.2) is 29.6 Å². The van der Waals surface area contributed by atoms with Gasteiger partial charge in [0.1, 0.15) is 29.2 Å². The summed E-state index contributed by atoms with van der Waals surface area (Å²) in [5.74, 6) is 0. The number of halogens is 2. The number of ether oxygens (including phenoxy) is 1. The molecule has 132 valence electrons. The smallest absolute Gasteiger partial charge is 0.173 e. The Hall–Kier alpha value is -1.45. The maximum atomic E-state index is 14.7. The molecule has 2 aromatic heterocycles. The van der Waals surface area contributed by atoms with E-state index in [0.717, 1.165) is 15.8 Å². The molecular weight excluding hydrogens is 369 g/mol. The van der Waals surface area contributed by atoms with Gasteiger partial charge in [-0.3, -0.25) is 4.57 Å². The van der Waals surface area contributed by atoms with Crippen molar-refractivity contribution in [2.75, 3.05) is 12.9 Å². The van der Waals surface area contributed by atoms with Crippen LogP contribution in [0.4, 0.5) is 4.39 Å². The van der Waals surface area contributed by atoms with Gasteiger partial charge in [-0.05, 0) is 24.5 Å². The first-order valence-electron chi connectivity index (χ1n) is 7.63. The Morgan fingerprint density at radius 2 is 2.20 bits per heavy atom. The second-order valence-corrected chi connectivity index (χ2v) is 7.03. The highest BCUT2D eigenvalue weighted by Crippen LogP contribution is 2.41. The van der Waals surface area contributed by atoms with E-state index in [9.17, 15) is 14.6 Å². The molecule has 0 bridgehead atoms. The molecule has 1 saturated heterocycles. The number of aromatic nitrogens is 3. The molecule has 1 fully saturated rings. The monoisotopic (exact) mass is 383 g/mol. The molecule has 0 spiro atoms. The number of fused-ring (bicyclic) bond motifs is 3. The molecule has 1 aromatic carbocycles. The van der Waals surface area contributed by atoms with Gasteiger partial charge in [0.05, 0.1) is 17.5 Å². The number of rotatable bonds is 3. The first kappa shape index (κ1) is 17.0. The fourth-order valence-corrected chi connectivity index (χ4v) is 4.02. The third-order valence-corrected chi connectivity index (χ3v) is 5.36. The summed E-state index contributed by atoms with van der Waals surface area (Å²) in [6, 6.07) is 5.24. The van der Waals surface area contributed by atoms with E-state index >= 15 is 0 Å². The van der Waals surface area contributed by atoms with Gasteiger partial charge in [0.25, 0.3) is 0 Å². The lowest BCUT2D eigenvalue weighted by Crippen LogP contribution is -2.30. The molecular formula is C16H15ClFN3O3S. The Labute approximate surface area is 151 Å². The number of hydrogen-bond acceptors (Lipinski definition) is 6. The van der Waals surface area contributed by atoms with Crippen LogP contribution >= 0.6 is 23.4 Å². The summed E-state index contributed by atoms with van der Waals surface area (Å²) < 4.78 is 21.9. The molecule has 0 aliphatic carbocycles. The lowest BCUT2D eigenvalue weighted by Gasteiger charge is -2.17. The van der Waals surface area contributed by atoms with E-state index in [1.807, 2.05) is 6.26 Å². The van der Waals surface area contributed by atoms with Gasteiger partial charge in [0.2, 0.25) is 0 Å². The van der Waals surface area contributed by atoms with Crippen molar-refractivity contribution >= 4 is 45.3 Å². The number of thioether (sulfide) groups is 1. The predicted octanol–water partition coefficient (Wildman–Crippen LogP) is 2.55. The molecule has 0 amide bonds. The number of alkyl halides is 1. The predicted molar refractivity (Wildman–Crippen MR) is 93.7 cm³/mol. The molecule has 2 N–H and O–H groups in total. The van der Waals surface area contributed by atoms with Crippen molar-refractivity contribution in [3.8, 4) is 0 Å². The van der Waals surface area contributed by atoms with Crippen molar-refractivity contribution in [1.82, 2.24) is 14.5 Å². The highest BCUT2D eigenvalue weighted by atomic mass is 35.5. The van der Waals surface area contributed by atoms with E-state index in [0.29, 0.717) is 16.2 Å². The first-order valence-corrected chi connectivity index (χ1v) is 9.23. The van der Waals surface area contributed by atoms with Crippen LogP contribution in [0.25, 0.3) is 21.9 Å². The van der Waals surface area contributed by atoms with Gasteiger partial charge in [0, 0.05) is 10.4 Å². The molecule has 3 heterocycles. The number of benzene rings is 1. The van der Waals surface area contributed by atoms with Gasteiger partial charge in [0.15, 0.2) is 12.4 Å². The number of hydrogen-bond donors (Lipinski definition) is 2. The van der Waals surface area contributed by atoms with E-state index in [-0.39, 0.29) is 0 Å². The zero-order chi connectivity index (χ0) is 17.7. The first-order chi connectivity index (χ1) is 12.1. The largest absolute Gasteiger partial charge is 0.394 e. The van der Waals surface area contributed by atoms with Crippen LogP contribution in [0.2, 0.25) is 5.02 Å². The number of nitrogens with zero attached hydrogens (tertiary/aromatic N) is 3. The Morgan fingerprint density at radius 3 is 2.88 bits per heavy atom. The molecule has 25 heavy (non-hydrogen) atoms. The normalized spacial score (nSPS) is 26.8.